The maximum absolute atomic E-state index is 11.7. The van der Waals surface area contributed by atoms with Gasteiger partial charge in [0.25, 0.3) is 0 Å². The summed E-state index contributed by atoms with van der Waals surface area (Å²) < 4.78 is 39.7. The highest BCUT2D eigenvalue weighted by molar-refractivity contribution is 9.10. The first-order valence-electron chi connectivity index (χ1n) is 4.23. The van der Waals surface area contributed by atoms with E-state index < -0.39 is 18.9 Å². The summed E-state index contributed by atoms with van der Waals surface area (Å²) in [6.07, 6.45) is -5.73. The Hall–Kier alpha value is -0.950. The molecular weight excluding hydrogens is 326 g/mol. The Bertz CT molecular complexity index is 425. The molecule has 1 aromatic carbocycles. The molecule has 0 aliphatic carbocycles. The van der Waals surface area contributed by atoms with Gasteiger partial charge in [0.05, 0.1) is 5.02 Å². The minimum Gasteiger partial charge on any atom is -0.440 e. The largest absolute Gasteiger partial charge is 0.440 e. The first-order valence-corrected chi connectivity index (χ1v) is 5.40. The number of hydrogen-bond acceptors (Lipinski definition) is 2. The Labute approximate surface area is 108 Å². The van der Waals surface area contributed by atoms with Crippen LogP contribution in [-0.2, 0) is 4.74 Å². The third kappa shape index (κ3) is 5.27. The summed E-state index contributed by atoms with van der Waals surface area (Å²) in [6, 6.07) is 4.35. The average molecular weight is 333 g/mol. The molecule has 0 spiro atoms. The molecule has 8 heteroatoms. The van der Waals surface area contributed by atoms with Gasteiger partial charge in [-0.15, -0.1) is 0 Å². The predicted octanol–water partition coefficient (Wildman–Crippen LogP) is 4.21. The number of nitrogens with one attached hydrogen (secondary N) is 1. The van der Waals surface area contributed by atoms with E-state index >= 15 is 0 Å². The molecule has 0 aliphatic rings. The number of rotatable bonds is 2. The van der Waals surface area contributed by atoms with Crippen molar-refractivity contribution in [3.63, 3.8) is 0 Å². The van der Waals surface area contributed by atoms with Crippen LogP contribution in [0.1, 0.15) is 0 Å². The Morgan fingerprint density at radius 2 is 2.12 bits per heavy atom. The van der Waals surface area contributed by atoms with Crippen molar-refractivity contribution in [3.8, 4) is 0 Å². The van der Waals surface area contributed by atoms with Crippen molar-refractivity contribution in [2.24, 2.45) is 0 Å². The van der Waals surface area contributed by atoms with E-state index in [9.17, 15) is 18.0 Å². The molecule has 0 aliphatic heterocycles. The Morgan fingerprint density at radius 3 is 2.65 bits per heavy atom. The average Bonchev–Trinajstić information content (AvgIpc) is 2.20. The number of carbonyl (C=O) groups excluding carboxylic acids is 1. The summed E-state index contributed by atoms with van der Waals surface area (Å²) in [4.78, 5) is 11.0. The lowest BCUT2D eigenvalue weighted by Gasteiger charge is -2.09. The third-order valence-corrected chi connectivity index (χ3v) is 2.75. The van der Waals surface area contributed by atoms with Gasteiger partial charge in [0.1, 0.15) is 0 Å². The Balaban J connectivity index is 2.54. The van der Waals surface area contributed by atoms with Crippen molar-refractivity contribution in [1.29, 1.82) is 0 Å². The zero-order valence-corrected chi connectivity index (χ0v) is 10.5. The van der Waals surface area contributed by atoms with Gasteiger partial charge in [0.15, 0.2) is 6.61 Å². The van der Waals surface area contributed by atoms with Gasteiger partial charge in [-0.05, 0) is 34.1 Å². The molecule has 0 heterocycles. The molecule has 3 nitrogen and oxygen atoms in total. The van der Waals surface area contributed by atoms with Crippen LogP contribution in [0.15, 0.2) is 22.7 Å². The lowest BCUT2D eigenvalue weighted by atomic mass is 10.3. The molecule has 17 heavy (non-hydrogen) atoms. The highest BCUT2D eigenvalue weighted by atomic mass is 79.9. The molecule has 1 rings (SSSR count). The predicted molar refractivity (Wildman–Crippen MR) is 60.2 cm³/mol. The third-order valence-electron chi connectivity index (χ3n) is 1.53. The molecule has 0 saturated carbocycles. The van der Waals surface area contributed by atoms with Crippen LogP contribution in [0.4, 0.5) is 23.7 Å². The van der Waals surface area contributed by atoms with E-state index in [4.69, 9.17) is 11.6 Å². The van der Waals surface area contributed by atoms with Crippen molar-refractivity contribution in [1.82, 2.24) is 0 Å². The first-order chi connectivity index (χ1) is 7.78. The lowest BCUT2D eigenvalue weighted by Crippen LogP contribution is -2.23. The number of hydrogen-bond donors (Lipinski definition) is 1. The number of benzene rings is 1. The fourth-order valence-corrected chi connectivity index (χ4v) is 1.37. The molecule has 0 aromatic heterocycles. The van der Waals surface area contributed by atoms with E-state index in [1.807, 2.05) is 0 Å². The van der Waals surface area contributed by atoms with E-state index in [1.165, 1.54) is 18.2 Å². The Kier molecular flexibility index (Phi) is 4.64. The van der Waals surface area contributed by atoms with E-state index in [-0.39, 0.29) is 5.69 Å². The smallest absolute Gasteiger partial charge is 0.422 e. The van der Waals surface area contributed by atoms with Crippen molar-refractivity contribution < 1.29 is 22.7 Å². The molecule has 1 N–H and O–H groups in total. The maximum atomic E-state index is 11.7. The van der Waals surface area contributed by atoms with E-state index in [1.54, 1.807) is 0 Å². The van der Waals surface area contributed by atoms with E-state index in [2.05, 4.69) is 26.0 Å². The van der Waals surface area contributed by atoms with Gasteiger partial charge in [0.2, 0.25) is 0 Å². The van der Waals surface area contributed by atoms with Crippen LogP contribution in [0.5, 0.6) is 0 Å². The van der Waals surface area contributed by atoms with Crippen LogP contribution in [0.3, 0.4) is 0 Å². The standard InChI is InChI=1S/C9H6BrClF3NO2/c10-6-3-5(1-2-7(6)11)15-8(16)17-4-9(12,13)14/h1-3H,4H2,(H,15,16). The molecule has 1 amide bonds. The maximum Gasteiger partial charge on any atom is 0.422 e. The van der Waals surface area contributed by atoms with Gasteiger partial charge in [-0.1, -0.05) is 11.6 Å². The van der Waals surface area contributed by atoms with Crippen molar-refractivity contribution in [3.05, 3.63) is 27.7 Å². The van der Waals surface area contributed by atoms with Gasteiger partial charge in [-0.25, -0.2) is 4.79 Å². The molecule has 0 unspecified atom stereocenters. The SMILES string of the molecule is O=C(Nc1ccc(Cl)c(Br)c1)OCC(F)(F)F. The second-order valence-corrected chi connectivity index (χ2v) is 4.21. The summed E-state index contributed by atoms with van der Waals surface area (Å²) in [5.74, 6) is 0. The van der Waals surface area contributed by atoms with Gasteiger partial charge in [-0.2, -0.15) is 13.2 Å². The summed E-state index contributed by atoms with van der Waals surface area (Å²) in [5.41, 5.74) is 0.272. The van der Waals surface area contributed by atoms with Gasteiger partial charge >= 0.3 is 12.3 Å². The lowest BCUT2D eigenvalue weighted by molar-refractivity contribution is -0.159. The van der Waals surface area contributed by atoms with Crippen LogP contribution in [0.2, 0.25) is 5.02 Å². The Morgan fingerprint density at radius 1 is 1.47 bits per heavy atom. The number of ether oxygens (including phenoxy) is 1. The fraction of sp³-hybridized carbons (Fsp3) is 0.222. The summed E-state index contributed by atoms with van der Waals surface area (Å²) >= 11 is 8.80. The van der Waals surface area contributed by atoms with Crippen molar-refractivity contribution in [2.75, 3.05) is 11.9 Å². The molecule has 0 saturated heterocycles. The topological polar surface area (TPSA) is 38.3 Å². The minimum absolute atomic E-state index is 0.272. The van der Waals surface area contributed by atoms with Crippen LogP contribution in [0, 0.1) is 0 Å². The van der Waals surface area contributed by atoms with Crippen molar-refractivity contribution >= 4 is 39.3 Å². The minimum atomic E-state index is -4.54. The quantitative estimate of drug-likeness (QED) is 0.881. The summed E-state index contributed by atoms with van der Waals surface area (Å²) in [6.45, 7) is -1.63. The summed E-state index contributed by atoms with van der Waals surface area (Å²) in [7, 11) is 0. The van der Waals surface area contributed by atoms with Crippen LogP contribution in [-0.4, -0.2) is 18.9 Å². The molecular formula is C9H6BrClF3NO2. The number of anilines is 1. The van der Waals surface area contributed by atoms with E-state index in [0.29, 0.717) is 9.50 Å². The zero-order valence-electron chi connectivity index (χ0n) is 8.15. The monoisotopic (exact) mass is 331 g/mol. The zero-order chi connectivity index (χ0) is 13.1. The molecule has 0 fully saturated rings. The number of alkyl halides is 3. The number of halogens is 5. The second-order valence-electron chi connectivity index (χ2n) is 2.95. The summed E-state index contributed by atoms with van der Waals surface area (Å²) in [5, 5.41) is 2.55. The molecule has 1 aromatic rings. The van der Waals surface area contributed by atoms with E-state index in [0.717, 1.165) is 0 Å². The number of amides is 1. The molecule has 94 valence electrons. The van der Waals surface area contributed by atoms with Gasteiger partial charge in [-0.3, -0.25) is 5.32 Å². The first kappa shape index (κ1) is 14.1. The highest BCUT2D eigenvalue weighted by Crippen LogP contribution is 2.25. The van der Waals surface area contributed by atoms with Crippen molar-refractivity contribution in [2.45, 2.75) is 6.18 Å². The fourth-order valence-electron chi connectivity index (χ4n) is 0.875. The van der Waals surface area contributed by atoms with Gasteiger partial charge < -0.3 is 4.74 Å². The van der Waals surface area contributed by atoms with Crippen LogP contribution < -0.4 is 5.32 Å². The number of carbonyl (C=O) groups is 1. The van der Waals surface area contributed by atoms with Crippen LogP contribution >= 0.6 is 27.5 Å². The second kappa shape index (κ2) is 5.59. The highest BCUT2D eigenvalue weighted by Gasteiger charge is 2.29. The molecule has 0 atom stereocenters. The van der Waals surface area contributed by atoms with Crippen LogP contribution in [0.25, 0.3) is 0 Å². The normalized spacial score (nSPS) is 11.1. The molecule has 0 bridgehead atoms. The molecule has 0 radical (unpaired) electrons. The van der Waals surface area contributed by atoms with Gasteiger partial charge in [0, 0.05) is 10.2 Å².